The van der Waals surface area contributed by atoms with Gasteiger partial charge in [0.05, 0.1) is 23.6 Å². The molecule has 2 atom stereocenters. The Balaban J connectivity index is 1.74. The van der Waals surface area contributed by atoms with E-state index in [0.717, 1.165) is 6.07 Å². The predicted molar refractivity (Wildman–Crippen MR) is 146 cm³/mol. The Labute approximate surface area is 240 Å². The van der Waals surface area contributed by atoms with E-state index in [1.807, 2.05) is 0 Å². The molecule has 0 aliphatic carbocycles. The maximum Gasteiger partial charge on any atom is 0.305 e. The first kappa shape index (κ1) is 28.2. The van der Waals surface area contributed by atoms with Gasteiger partial charge in [0.1, 0.15) is 5.82 Å². The van der Waals surface area contributed by atoms with Crippen molar-refractivity contribution in [3.63, 3.8) is 0 Å². The van der Waals surface area contributed by atoms with Gasteiger partial charge in [-0.2, -0.15) is 0 Å². The van der Waals surface area contributed by atoms with Gasteiger partial charge in [-0.1, -0.05) is 47.5 Å². The minimum absolute atomic E-state index is 0.0701. The van der Waals surface area contributed by atoms with E-state index < -0.39 is 35.9 Å². The molecule has 0 spiro atoms. The van der Waals surface area contributed by atoms with Crippen LogP contribution in [0.15, 0.2) is 60.7 Å². The molecule has 2 aliphatic rings. The molecule has 5 rings (SSSR count). The number of rotatable bonds is 8. The van der Waals surface area contributed by atoms with Crippen LogP contribution in [0.25, 0.3) is 0 Å². The molecule has 2 heterocycles. The number of ether oxygens (including phenoxy) is 2. The number of benzene rings is 3. The number of Topliss-reactive ketones (excluding diaryl/α,β-unsaturated/α-hetero) is 1. The van der Waals surface area contributed by atoms with Gasteiger partial charge in [-0.3, -0.25) is 19.3 Å². The van der Waals surface area contributed by atoms with Crippen LogP contribution in [0.2, 0.25) is 10.0 Å². The van der Waals surface area contributed by atoms with Crippen molar-refractivity contribution in [2.24, 2.45) is 5.92 Å². The number of carbonyl (C=O) groups excluding carboxylic acids is 2. The smallest absolute Gasteiger partial charge is 0.305 e. The van der Waals surface area contributed by atoms with Gasteiger partial charge in [0.15, 0.2) is 11.5 Å². The predicted octanol–water partition coefficient (Wildman–Crippen LogP) is 6.26. The summed E-state index contributed by atoms with van der Waals surface area (Å²) in [5, 5.41) is 10.7. The number of carboxylic acids is 1. The third kappa shape index (κ3) is 4.90. The SMILES string of the molecule is CO[C@]1(c2ccc(Cl)cc2)c2c(F)cc(C(=O)C3CCOCC3)cc2C(=O)N1C(CC(=O)O)c1ccc(Cl)cc1. The molecule has 40 heavy (non-hydrogen) atoms. The Morgan fingerprint density at radius 1 is 1.07 bits per heavy atom. The molecular formula is C30H26Cl2FNO6. The summed E-state index contributed by atoms with van der Waals surface area (Å²) in [5.41, 5.74) is -1.14. The van der Waals surface area contributed by atoms with Gasteiger partial charge in [0, 0.05) is 47.4 Å². The lowest BCUT2D eigenvalue weighted by Gasteiger charge is -2.42. The minimum Gasteiger partial charge on any atom is -0.481 e. The normalized spacial score (nSPS) is 19.9. The summed E-state index contributed by atoms with van der Waals surface area (Å²) in [4.78, 5) is 40.9. The molecule has 208 valence electrons. The Morgan fingerprint density at radius 3 is 2.25 bits per heavy atom. The zero-order valence-corrected chi connectivity index (χ0v) is 23.0. The van der Waals surface area contributed by atoms with E-state index in [9.17, 15) is 19.5 Å². The van der Waals surface area contributed by atoms with Crippen LogP contribution in [0.1, 0.15) is 62.7 Å². The summed E-state index contributed by atoms with van der Waals surface area (Å²) < 4.78 is 27.7. The Morgan fingerprint density at radius 2 is 1.68 bits per heavy atom. The Bertz CT molecular complexity index is 1460. The standard InChI is InChI=1S/C30H26Cl2FNO6/c1-39-30(20-4-8-22(32)9-5-20)27-23(14-19(15-24(27)33)28(37)18-10-12-40-13-11-18)29(38)34(30)25(16-26(35)36)17-2-6-21(31)7-3-17/h2-9,14-15,18,25H,10-13,16H2,1H3,(H,35,36)/t25?,30-/m1/s1. The van der Waals surface area contributed by atoms with Crippen LogP contribution < -0.4 is 0 Å². The van der Waals surface area contributed by atoms with Crippen molar-refractivity contribution >= 4 is 40.9 Å². The van der Waals surface area contributed by atoms with Gasteiger partial charge in [0.2, 0.25) is 0 Å². The monoisotopic (exact) mass is 585 g/mol. The molecule has 10 heteroatoms. The van der Waals surface area contributed by atoms with Gasteiger partial charge in [0.25, 0.3) is 5.91 Å². The third-order valence-electron chi connectivity index (χ3n) is 7.56. The van der Waals surface area contributed by atoms with Crippen LogP contribution in [0.4, 0.5) is 4.39 Å². The number of methoxy groups -OCH3 is 1. The molecule has 1 N–H and O–H groups in total. The van der Waals surface area contributed by atoms with E-state index in [4.69, 9.17) is 32.7 Å². The van der Waals surface area contributed by atoms with Crippen LogP contribution in [0.3, 0.4) is 0 Å². The number of nitrogens with zero attached hydrogens (tertiary/aromatic N) is 1. The molecular weight excluding hydrogens is 560 g/mol. The number of hydrogen-bond acceptors (Lipinski definition) is 5. The van der Waals surface area contributed by atoms with Crippen LogP contribution in [0, 0.1) is 11.7 Å². The van der Waals surface area contributed by atoms with E-state index in [1.165, 1.54) is 18.1 Å². The summed E-state index contributed by atoms with van der Waals surface area (Å²) in [6.45, 7) is 0.857. The number of ketones is 1. The first-order valence-electron chi connectivity index (χ1n) is 12.8. The average molecular weight is 586 g/mol. The maximum atomic E-state index is 16.3. The first-order chi connectivity index (χ1) is 19.2. The molecule has 3 aromatic carbocycles. The highest BCUT2D eigenvalue weighted by molar-refractivity contribution is 6.30. The van der Waals surface area contributed by atoms with Crippen molar-refractivity contribution in [3.8, 4) is 0 Å². The number of halogens is 3. The second-order valence-electron chi connectivity index (χ2n) is 9.83. The lowest BCUT2D eigenvalue weighted by Crippen LogP contribution is -2.49. The summed E-state index contributed by atoms with van der Waals surface area (Å²) in [6, 6.07) is 14.2. The quantitative estimate of drug-likeness (QED) is 0.313. The first-order valence-corrected chi connectivity index (χ1v) is 13.5. The zero-order chi connectivity index (χ0) is 28.6. The maximum absolute atomic E-state index is 16.3. The van der Waals surface area contributed by atoms with Crippen LogP contribution in [0.5, 0.6) is 0 Å². The summed E-state index contributed by atoms with van der Waals surface area (Å²) in [7, 11) is 1.32. The number of aliphatic carboxylic acids is 1. The van der Waals surface area contributed by atoms with Gasteiger partial charge in [-0.05, 0) is 54.8 Å². The van der Waals surface area contributed by atoms with Gasteiger partial charge in [-0.25, -0.2) is 4.39 Å². The second kappa shape index (κ2) is 11.3. The molecule has 0 aromatic heterocycles. The molecule has 3 aromatic rings. The van der Waals surface area contributed by atoms with Crippen LogP contribution >= 0.6 is 23.2 Å². The largest absolute Gasteiger partial charge is 0.481 e. The molecule has 7 nitrogen and oxygen atoms in total. The number of hydrogen-bond donors (Lipinski definition) is 1. The van der Waals surface area contributed by atoms with E-state index in [2.05, 4.69) is 0 Å². The van der Waals surface area contributed by atoms with E-state index in [-0.39, 0.29) is 28.4 Å². The van der Waals surface area contributed by atoms with Crippen molar-refractivity contribution in [1.82, 2.24) is 4.90 Å². The molecule has 1 amide bonds. The third-order valence-corrected chi connectivity index (χ3v) is 8.06. The van der Waals surface area contributed by atoms with Crippen LogP contribution in [-0.2, 0) is 20.0 Å². The highest BCUT2D eigenvalue weighted by Gasteiger charge is 2.56. The lowest BCUT2D eigenvalue weighted by atomic mass is 9.87. The minimum atomic E-state index is -1.86. The van der Waals surface area contributed by atoms with Crippen molar-refractivity contribution in [2.75, 3.05) is 20.3 Å². The molecule has 1 saturated heterocycles. The molecule has 1 unspecified atom stereocenters. The number of carbonyl (C=O) groups is 3. The van der Waals surface area contributed by atoms with E-state index in [0.29, 0.717) is 47.2 Å². The van der Waals surface area contributed by atoms with Crippen molar-refractivity contribution < 1.29 is 33.4 Å². The number of fused-ring (bicyclic) bond motifs is 1. The highest BCUT2D eigenvalue weighted by atomic mass is 35.5. The van der Waals surface area contributed by atoms with Gasteiger partial charge >= 0.3 is 5.97 Å². The van der Waals surface area contributed by atoms with Crippen molar-refractivity contribution in [2.45, 2.75) is 31.0 Å². The van der Waals surface area contributed by atoms with Crippen molar-refractivity contribution in [1.29, 1.82) is 0 Å². The number of amides is 1. The highest BCUT2D eigenvalue weighted by Crippen LogP contribution is 2.51. The van der Waals surface area contributed by atoms with Crippen molar-refractivity contribution in [3.05, 3.63) is 104 Å². The van der Waals surface area contributed by atoms with Gasteiger partial charge in [-0.15, -0.1) is 0 Å². The molecule has 0 saturated carbocycles. The summed E-state index contributed by atoms with van der Waals surface area (Å²) in [5.74, 6) is -3.29. The van der Waals surface area contributed by atoms with E-state index >= 15 is 4.39 Å². The van der Waals surface area contributed by atoms with E-state index in [1.54, 1.807) is 48.5 Å². The molecule has 2 aliphatic heterocycles. The fraction of sp³-hybridized carbons (Fsp3) is 0.300. The fourth-order valence-corrected chi connectivity index (χ4v) is 5.95. The molecule has 0 radical (unpaired) electrons. The molecule has 1 fully saturated rings. The average Bonchev–Trinajstić information content (AvgIpc) is 3.21. The second-order valence-corrected chi connectivity index (χ2v) is 10.7. The topological polar surface area (TPSA) is 93.1 Å². The fourth-order valence-electron chi connectivity index (χ4n) is 5.70. The zero-order valence-electron chi connectivity index (χ0n) is 21.5. The Hall–Kier alpha value is -3.30. The summed E-state index contributed by atoms with van der Waals surface area (Å²) >= 11 is 12.2. The lowest BCUT2D eigenvalue weighted by molar-refractivity contribution is -0.142. The molecule has 0 bridgehead atoms. The van der Waals surface area contributed by atoms with Gasteiger partial charge < -0.3 is 14.6 Å². The Kier molecular flexibility index (Phi) is 7.97. The summed E-state index contributed by atoms with van der Waals surface area (Å²) in [6.07, 6.45) is 0.499. The van der Waals surface area contributed by atoms with Crippen LogP contribution in [-0.4, -0.2) is 48.0 Å². The number of carboxylic acid groups (broad SMARTS) is 1.